The molecule has 0 spiro atoms. The lowest BCUT2D eigenvalue weighted by Crippen LogP contribution is -2.47. The molecule has 2 aromatic rings. The summed E-state index contributed by atoms with van der Waals surface area (Å²) in [5, 5.41) is 14.3. The van der Waals surface area contributed by atoms with Gasteiger partial charge in [-0.2, -0.15) is 4.98 Å². The fraction of sp³-hybridized carbons (Fsp3) is 0.412. The minimum absolute atomic E-state index is 0.106. The van der Waals surface area contributed by atoms with Crippen molar-refractivity contribution in [2.75, 3.05) is 41.3 Å². The van der Waals surface area contributed by atoms with Crippen LogP contribution in [0.15, 0.2) is 30.5 Å². The topological polar surface area (TPSA) is 87.4 Å². The predicted molar refractivity (Wildman–Crippen MR) is 96.2 cm³/mol. The fourth-order valence-electron chi connectivity index (χ4n) is 3.03. The van der Waals surface area contributed by atoms with Gasteiger partial charge in [-0.3, -0.25) is 10.1 Å². The van der Waals surface area contributed by atoms with Gasteiger partial charge in [-0.05, 0) is 25.0 Å². The predicted octanol–water partition coefficient (Wildman–Crippen LogP) is 2.42. The Morgan fingerprint density at radius 3 is 2.50 bits per heavy atom. The summed E-state index contributed by atoms with van der Waals surface area (Å²) in [5.41, 5.74) is 0.485. The second kappa shape index (κ2) is 6.74. The third-order valence-electron chi connectivity index (χ3n) is 4.63. The van der Waals surface area contributed by atoms with E-state index in [4.69, 9.17) is 0 Å². The van der Waals surface area contributed by atoms with Gasteiger partial charge in [0, 0.05) is 32.2 Å². The monoisotopic (exact) mass is 358 g/mol. The zero-order valence-electron chi connectivity index (χ0n) is 14.1. The molecule has 0 amide bonds. The minimum atomic E-state index is -0.468. The molecule has 1 saturated carbocycles. The molecular formula is C17H19FN6O2. The number of hydrogen-bond acceptors (Lipinski definition) is 7. The van der Waals surface area contributed by atoms with Crippen LogP contribution in [0.3, 0.4) is 0 Å². The number of aromatic nitrogens is 2. The van der Waals surface area contributed by atoms with Gasteiger partial charge in [-0.15, -0.1) is 0 Å². The summed E-state index contributed by atoms with van der Waals surface area (Å²) in [6.07, 6.45) is 3.26. The average molecular weight is 358 g/mol. The van der Waals surface area contributed by atoms with Gasteiger partial charge in [0.25, 0.3) is 0 Å². The van der Waals surface area contributed by atoms with E-state index in [1.807, 2.05) is 15.9 Å². The van der Waals surface area contributed by atoms with Gasteiger partial charge in [0.1, 0.15) is 12.0 Å². The first-order valence-electron chi connectivity index (χ1n) is 8.64. The summed E-state index contributed by atoms with van der Waals surface area (Å²) in [6.45, 7) is 2.50. The summed E-state index contributed by atoms with van der Waals surface area (Å²) in [4.78, 5) is 23.2. The summed E-state index contributed by atoms with van der Waals surface area (Å²) < 4.78 is 13.9. The molecule has 4 rings (SSSR count). The van der Waals surface area contributed by atoms with Crippen molar-refractivity contribution >= 4 is 23.1 Å². The molecular weight excluding hydrogens is 339 g/mol. The molecule has 9 heteroatoms. The van der Waals surface area contributed by atoms with Crippen LogP contribution in [0.2, 0.25) is 0 Å². The van der Waals surface area contributed by atoms with Crippen molar-refractivity contribution in [3.8, 4) is 0 Å². The highest BCUT2D eigenvalue weighted by Gasteiger charge is 2.28. The molecule has 0 bridgehead atoms. The lowest BCUT2D eigenvalue weighted by atomic mass is 10.2. The molecule has 136 valence electrons. The number of nitrogens with zero attached hydrogens (tertiary/aromatic N) is 5. The molecule has 1 aromatic carbocycles. The zero-order valence-corrected chi connectivity index (χ0v) is 14.1. The smallest absolute Gasteiger partial charge is 0.329 e. The highest BCUT2D eigenvalue weighted by atomic mass is 19.1. The highest BCUT2D eigenvalue weighted by Crippen LogP contribution is 2.30. The van der Waals surface area contributed by atoms with Crippen molar-refractivity contribution in [3.63, 3.8) is 0 Å². The lowest BCUT2D eigenvalue weighted by molar-refractivity contribution is -0.384. The Morgan fingerprint density at radius 2 is 1.85 bits per heavy atom. The first-order chi connectivity index (χ1) is 12.6. The van der Waals surface area contributed by atoms with Crippen LogP contribution >= 0.6 is 0 Å². The van der Waals surface area contributed by atoms with Gasteiger partial charge in [0.15, 0.2) is 0 Å². The second-order valence-electron chi connectivity index (χ2n) is 6.51. The number of rotatable bonds is 5. The quantitative estimate of drug-likeness (QED) is 0.649. The lowest BCUT2D eigenvalue weighted by Gasteiger charge is -2.36. The van der Waals surface area contributed by atoms with E-state index < -0.39 is 4.92 Å². The first kappa shape index (κ1) is 16.5. The summed E-state index contributed by atoms with van der Waals surface area (Å²) >= 11 is 0. The van der Waals surface area contributed by atoms with Gasteiger partial charge in [-0.1, -0.05) is 12.1 Å². The normalized spacial score (nSPS) is 17.3. The van der Waals surface area contributed by atoms with Gasteiger partial charge < -0.3 is 15.1 Å². The third-order valence-corrected chi connectivity index (χ3v) is 4.63. The molecule has 2 aliphatic rings. The molecule has 1 aliphatic heterocycles. The zero-order chi connectivity index (χ0) is 18.1. The van der Waals surface area contributed by atoms with E-state index in [-0.39, 0.29) is 23.4 Å². The van der Waals surface area contributed by atoms with Crippen LogP contribution in [0.4, 0.5) is 27.5 Å². The van der Waals surface area contributed by atoms with Crippen LogP contribution in [0.5, 0.6) is 0 Å². The molecule has 1 aliphatic carbocycles. The van der Waals surface area contributed by atoms with Crippen LogP contribution in [-0.2, 0) is 0 Å². The van der Waals surface area contributed by atoms with Gasteiger partial charge >= 0.3 is 5.69 Å². The Kier molecular flexibility index (Phi) is 4.27. The Balaban J connectivity index is 1.48. The number of anilines is 3. The summed E-state index contributed by atoms with van der Waals surface area (Å²) in [5.74, 6) is 0.509. The number of para-hydroxylation sites is 1. The molecule has 2 heterocycles. The summed E-state index contributed by atoms with van der Waals surface area (Å²) in [6, 6.07) is 6.98. The second-order valence-corrected chi connectivity index (χ2v) is 6.51. The van der Waals surface area contributed by atoms with E-state index in [2.05, 4.69) is 15.3 Å². The maximum absolute atomic E-state index is 13.9. The minimum Gasteiger partial charge on any atom is -0.366 e. The fourth-order valence-corrected chi connectivity index (χ4v) is 3.03. The third kappa shape index (κ3) is 3.37. The molecule has 26 heavy (non-hydrogen) atoms. The van der Waals surface area contributed by atoms with E-state index in [1.54, 1.807) is 12.1 Å². The number of nitro groups is 1. The molecule has 8 nitrogen and oxygen atoms in total. The van der Waals surface area contributed by atoms with Crippen molar-refractivity contribution < 1.29 is 9.31 Å². The van der Waals surface area contributed by atoms with Crippen molar-refractivity contribution in [3.05, 3.63) is 46.4 Å². The number of piperazine rings is 1. The summed E-state index contributed by atoms with van der Waals surface area (Å²) in [7, 11) is 0. The van der Waals surface area contributed by atoms with Crippen molar-refractivity contribution in [2.24, 2.45) is 0 Å². The van der Waals surface area contributed by atoms with E-state index in [0.717, 1.165) is 12.8 Å². The Bertz CT molecular complexity index is 821. The number of nitrogens with one attached hydrogen (secondary N) is 1. The van der Waals surface area contributed by atoms with Gasteiger partial charge in [-0.25, -0.2) is 9.37 Å². The van der Waals surface area contributed by atoms with Crippen LogP contribution in [0.1, 0.15) is 12.8 Å². The van der Waals surface area contributed by atoms with Gasteiger partial charge in [0.05, 0.1) is 10.6 Å². The molecule has 1 saturated heterocycles. The Labute approximate surface area is 149 Å². The average Bonchev–Trinajstić information content (AvgIpc) is 3.46. The maximum atomic E-state index is 13.9. The SMILES string of the molecule is O=[N+]([O-])c1cnc(N2CCN(c3ccccc3F)CC2)nc1NC1CC1. The van der Waals surface area contributed by atoms with Crippen molar-refractivity contribution in [2.45, 2.75) is 18.9 Å². The molecule has 0 atom stereocenters. The standard InChI is InChI=1S/C17H19FN6O2/c18-13-3-1-2-4-14(13)22-7-9-23(10-8-22)17-19-11-15(24(25)26)16(21-17)20-12-5-6-12/h1-4,11-12H,5-10H2,(H,19,20,21). The van der Waals surface area contributed by atoms with Crippen LogP contribution in [0, 0.1) is 15.9 Å². The highest BCUT2D eigenvalue weighted by molar-refractivity contribution is 5.59. The van der Waals surface area contributed by atoms with E-state index in [1.165, 1.54) is 12.3 Å². The largest absolute Gasteiger partial charge is 0.366 e. The Hall–Kier alpha value is -2.97. The first-order valence-corrected chi connectivity index (χ1v) is 8.64. The van der Waals surface area contributed by atoms with Crippen LogP contribution in [0.25, 0.3) is 0 Å². The Morgan fingerprint density at radius 1 is 1.15 bits per heavy atom. The van der Waals surface area contributed by atoms with Crippen LogP contribution in [-0.4, -0.2) is 47.1 Å². The molecule has 1 aromatic heterocycles. The molecule has 2 fully saturated rings. The number of hydrogen-bond donors (Lipinski definition) is 1. The molecule has 1 N–H and O–H groups in total. The van der Waals surface area contributed by atoms with Crippen molar-refractivity contribution in [1.29, 1.82) is 0 Å². The van der Waals surface area contributed by atoms with Crippen LogP contribution < -0.4 is 15.1 Å². The molecule has 0 unspecified atom stereocenters. The molecule has 0 radical (unpaired) electrons. The van der Waals surface area contributed by atoms with E-state index in [9.17, 15) is 14.5 Å². The van der Waals surface area contributed by atoms with Crippen molar-refractivity contribution in [1.82, 2.24) is 9.97 Å². The number of halogens is 1. The van der Waals surface area contributed by atoms with E-state index in [0.29, 0.717) is 37.8 Å². The maximum Gasteiger partial charge on any atom is 0.329 e. The number of benzene rings is 1. The van der Waals surface area contributed by atoms with E-state index >= 15 is 0 Å². The van der Waals surface area contributed by atoms with Gasteiger partial charge in [0.2, 0.25) is 11.8 Å².